The van der Waals surface area contributed by atoms with Crippen LogP contribution in [0.25, 0.3) is 0 Å². The molecule has 0 radical (unpaired) electrons. The molecule has 0 aromatic rings. The Hall–Kier alpha value is -0.570. The van der Waals surface area contributed by atoms with E-state index in [1.54, 1.807) is 0 Å². The molecule has 0 heterocycles. The second-order valence-corrected chi connectivity index (χ2v) is 3.87. The molecule has 0 spiro atoms. The first-order valence-electron chi connectivity index (χ1n) is 4.86. The molecule has 0 saturated heterocycles. The molecule has 0 aliphatic heterocycles. The van der Waals surface area contributed by atoms with E-state index in [9.17, 15) is 4.79 Å². The van der Waals surface area contributed by atoms with Gasteiger partial charge in [0, 0.05) is 6.54 Å². The Labute approximate surface area is 80.8 Å². The molecule has 0 bridgehead atoms. The Morgan fingerprint density at radius 2 is 2.08 bits per heavy atom. The highest BCUT2D eigenvalue weighted by molar-refractivity contribution is 5.75. The molecule has 0 amide bonds. The summed E-state index contributed by atoms with van der Waals surface area (Å²) in [6, 6.07) is 0. The van der Waals surface area contributed by atoms with Crippen molar-refractivity contribution >= 4 is 5.97 Å². The van der Waals surface area contributed by atoms with Gasteiger partial charge in [0.05, 0.1) is 5.41 Å². The summed E-state index contributed by atoms with van der Waals surface area (Å²) in [7, 11) is 1.84. The molecule has 0 unspecified atom stereocenters. The van der Waals surface area contributed by atoms with Crippen molar-refractivity contribution in [2.75, 3.05) is 20.2 Å². The van der Waals surface area contributed by atoms with E-state index < -0.39 is 0 Å². The van der Waals surface area contributed by atoms with Crippen molar-refractivity contribution in [2.24, 2.45) is 5.41 Å². The van der Waals surface area contributed by atoms with Gasteiger partial charge >= 0.3 is 5.97 Å². The smallest absolute Gasteiger partial charge is 0.311 e. The molecule has 0 atom stereocenters. The van der Waals surface area contributed by atoms with Crippen molar-refractivity contribution in [1.82, 2.24) is 5.32 Å². The molecule has 78 valence electrons. The second kappa shape index (κ2) is 5.97. The zero-order valence-corrected chi connectivity index (χ0v) is 9.14. The number of rotatable bonds is 6. The third-order valence-electron chi connectivity index (χ3n) is 2.01. The first-order valence-corrected chi connectivity index (χ1v) is 4.86. The summed E-state index contributed by atoms with van der Waals surface area (Å²) in [6.07, 6.45) is 1.89. The van der Waals surface area contributed by atoms with Gasteiger partial charge in [-0.25, -0.2) is 0 Å². The maximum absolute atomic E-state index is 11.5. The van der Waals surface area contributed by atoms with E-state index in [-0.39, 0.29) is 11.4 Å². The molecule has 0 aliphatic carbocycles. The van der Waals surface area contributed by atoms with Crippen LogP contribution in [0, 0.1) is 5.41 Å². The van der Waals surface area contributed by atoms with Crippen molar-refractivity contribution in [3.63, 3.8) is 0 Å². The Morgan fingerprint density at radius 3 is 2.54 bits per heavy atom. The van der Waals surface area contributed by atoms with Crippen LogP contribution in [0.1, 0.15) is 33.6 Å². The van der Waals surface area contributed by atoms with E-state index in [1.807, 2.05) is 20.9 Å². The average molecular weight is 187 g/mol. The second-order valence-electron chi connectivity index (χ2n) is 3.87. The lowest BCUT2D eigenvalue weighted by atomic mass is 9.88. The standard InChI is InChI=1S/C10H21NO2/c1-5-6-10(2,3)9(12)13-8-7-11-4/h11H,5-8H2,1-4H3. The van der Waals surface area contributed by atoms with Crippen LogP contribution in [0.4, 0.5) is 0 Å². The molecular weight excluding hydrogens is 166 g/mol. The molecule has 13 heavy (non-hydrogen) atoms. The number of nitrogens with one attached hydrogen (secondary N) is 1. The summed E-state index contributed by atoms with van der Waals surface area (Å²) in [5, 5.41) is 2.93. The summed E-state index contributed by atoms with van der Waals surface area (Å²) in [5.41, 5.74) is -0.331. The Bertz CT molecular complexity index is 155. The fourth-order valence-corrected chi connectivity index (χ4v) is 1.17. The molecule has 0 aromatic carbocycles. The number of ether oxygens (including phenoxy) is 1. The van der Waals surface area contributed by atoms with Gasteiger partial charge < -0.3 is 10.1 Å². The quantitative estimate of drug-likeness (QED) is 0.507. The summed E-state index contributed by atoms with van der Waals surface area (Å²) >= 11 is 0. The van der Waals surface area contributed by atoms with Crippen LogP contribution in [0.2, 0.25) is 0 Å². The zero-order valence-electron chi connectivity index (χ0n) is 9.14. The maximum Gasteiger partial charge on any atom is 0.311 e. The largest absolute Gasteiger partial charge is 0.464 e. The summed E-state index contributed by atoms with van der Waals surface area (Å²) in [4.78, 5) is 11.5. The molecule has 0 fully saturated rings. The van der Waals surface area contributed by atoms with Crippen molar-refractivity contribution in [2.45, 2.75) is 33.6 Å². The first kappa shape index (κ1) is 12.4. The molecule has 0 saturated carbocycles. The van der Waals surface area contributed by atoms with Gasteiger partial charge in [-0.2, -0.15) is 0 Å². The average Bonchev–Trinajstić information content (AvgIpc) is 2.04. The highest BCUT2D eigenvalue weighted by Crippen LogP contribution is 2.23. The van der Waals surface area contributed by atoms with Crippen LogP contribution in [0.15, 0.2) is 0 Å². The molecule has 0 aliphatic rings. The van der Waals surface area contributed by atoms with E-state index in [1.165, 1.54) is 0 Å². The van der Waals surface area contributed by atoms with E-state index in [2.05, 4.69) is 12.2 Å². The van der Waals surface area contributed by atoms with Crippen LogP contribution >= 0.6 is 0 Å². The fourth-order valence-electron chi connectivity index (χ4n) is 1.17. The molecule has 1 N–H and O–H groups in total. The topological polar surface area (TPSA) is 38.3 Å². The van der Waals surface area contributed by atoms with Crippen LogP contribution in [-0.4, -0.2) is 26.2 Å². The van der Waals surface area contributed by atoms with Gasteiger partial charge in [-0.15, -0.1) is 0 Å². The fraction of sp³-hybridized carbons (Fsp3) is 0.900. The maximum atomic E-state index is 11.5. The summed E-state index contributed by atoms with van der Waals surface area (Å²) in [5.74, 6) is -0.0930. The highest BCUT2D eigenvalue weighted by Gasteiger charge is 2.27. The van der Waals surface area contributed by atoms with Crippen molar-refractivity contribution < 1.29 is 9.53 Å². The summed E-state index contributed by atoms with van der Waals surface area (Å²) in [6.45, 7) is 7.11. The Balaban J connectivity index is 3.80. The van der Waals surface area contributed by atoms with Gasteiger partial charge in [-0.05, 0) is 27.3 Å². The number of likely N-dealkylation sites (N-methyl/N-ethyl adjacent to an activating group) is 1. The SMILES string of the molecule is CCCC(C)(C)C(=O)OCCNC. The lowest BCUT2D eigenvalue weighted by molar-refractivity contribution is -0.154. The lowest BCUT2D eigenvalue weighted by Gasteiger charge is -2.21. The molecule has 0 rings (SSSR count). The molecular formula is C10H21NO2. The number of hydrogen-bond donors (Lipinski definition) is 1. The molecule has 3 heteroatoms. The third kappa shape index (κ3) is 4.88. The van der Waals surface area contributed by atoms with Crippen LogP contribution in [-0.2, 0) is 9.53 Å². The molecule has 3 nitrogen and oxygen atoms in total. The van der Waals surface area contributed by atoms with E-state index in [0.29, 0.717) is 13.2 Å². The normalized spacial score (nSPS) is 11.4. The Morgan fingerprint density at radius 1 is 1.46 bits per heavy atom. The van der Waals surface area contributed by atoms with Gasteiger partial charge in [0.15, 0.2) is 0 Å². The minimum absolute atomic E-state index is 0.0930. The highest BCUT2D eigenvalue weighted by atomic mass is 16.5. The van der Waals surface area contributed by atoms with Gasteiger partial charge in [0.25, 0.3) is 0 Å². The zero-order chi connectivity index (χ0) is 10.3. The van der Waals surface area contributed by atoms with Crippen molar-refractivity contribution in [1.29, 1.82) is 0 Å². The Kier molecular flexibility index (Phi) is 5.71. The van der Waals surface area contributed by atoms with Gasteiger partial charge in [0.2, 0.25) is 0 Å². The summed E-state index contributed by atoms with van der Waals surface area (Å²) < 4.78 is 5.10. The predicted octanol–water partition coefficient (Wildman–Crippen LogP) is 1.58. The van der Waals surface area contributed by atoms with Gasteiger partial charge in [-0.1, -0.05) is 13.3 Å². The van der Waals surface area contributed by atoms with E-state index in [0.717, 1.165) is 12.8 Å². The van der Waals surface area contributed by atoms with Crippen LogP contribution in [0.5, 0.6) is 0 Å². The van der Waals surface area contributed by atoms with Gasteiger partial charge in [-0.3, -0.25) is 4.79 Å². The van der Waals surface area contributed by atoms with Gasteiger partial charge in [0.1, 0.15) is 6.61 Å². The lowest BCUT2D eigenvalue weighted by Crippen LogP contribution is -2.28. The number of esters is 1. The van der Waals surface area contributed by atoms with Crippen molar-refractivity contribution in [3.05, 3.63) is 0 Å². The van der Waals surface area contributed by atoms with E-state index in [4.69, 9.17) is 4.74 Å². The molecule has 0 aromatic heterocycles. The number of hydrogen-bond acceptors (Lipinski definition) is 3. The van der Waals surface area contributed by atoms with Crippen molar-refractivity contribution in [3.8, 4) is 0 Å². The van der Waals surface area contributed by atoms with E-state index >= 15 is 0 Å². The predicted molar refractivity (Wildman–Crippen MR) is 53.6 cm³/mol. The number of carbonyl (C=O) groups excluding carboxylic acids is 1. The first-order chi connectivity index (χ1) is 6.04. The third-order valence-corrected chi connectivity index (χ3v) is 2.01. The van der Waals surface area contributed by atoms with Crippen LogP contribution in [0.3, 0.4) is 0 Å². The number of carbonyl (C=O) groups is 1. The monoisotopic (exact) mass is 187 g/mol. The minimum atomic E-state index is -0.331. The minimum Gasteiger partial charge on any atom is -0.464 e. The van der Waals surface area contributed by atoms with Crippen LogP contribution < -0.4 is 5.32 Å².